The number of nitrogens with zero attached hydrogens (tertiary/aromatic N) is 1. The summed E-state index contributed by atoms with van der Waals surface area (Å²) in [7, 11) is 0. The number of rotatable bonds is 5. The topological polar surface area (TPSA) is 74.8 Å². The Bertz CT molecular complexity index is 1160. The minimum Gasteiger partial charge on any atom is -0.342 e. The van der Waals surface area contributed by atoms with Crippen LogP contribution in [0, 0.1) is 5.82 Å². The molecule has 162 valence electrons. The van der Waals surface area contributed by atoms with E-state index in [-0.39, 0.29) is 17.1 Å². The molecule has 0 saturated heterocycles. The number of nitrogens with one attached hydrogen (secondary N) is 2. The molecule has 1 aromatic heterocycles. The maximum absolute atomic E-state index is 14.2. The highest BCUT2D eigenvalue weighted by Crippen LogP contribution is 2.39. The Balaban J connectivity index is 1.85. The van der Waals surface area contributed by atoms with Crippen molar-refractivity contribution in [3.05, 3.63) is 82.0 Å². The molecular formula is C21H17F4N3O2S. The molecule has 1 amide bonds. The van der Waals surface area contributed by atoms with E-state index in [2.05, 4.69) is 15.3 Å². The van der Waals surface area contributed by atoms with Gasteiger partial charge in [0.15, 0.2) is 0 Å². The Morgan fingerprint density at radius 3 is 2.35 bits per heavy atom. The van der Waals surface area contributed by atoms with E-state index in [4.69, 9.17) is 0 Å². The number of hydrogen-bond donors (Lipinski definition) is 2. The number of carbonyl (C=O) groups is 1. The van der Waals surface area contributed by atoms with Crippen LogP contribution >= 0.6 is 11.8 Å². The highest BCUT2D eigenvalue weighted by Gasteiger charge is 2.32. The van der Waals surface area contributed by atoms with E-state index in [1.807, 2.05) is 0 Å². The molecule has 3 aromatic rings. The fraction of sp³-hybridized carbons (Fsp3) is 0.190. The largest absolute Gasteiger partial charge is 0.446 e. The van der Waals surface area contributed by atoms with Crippen LogP contribution in [0.2, 0.25) is 0 Å². The van der Waals surface area contributed by atoms with Crippen LogP contribution in [0.4, 0.5) is 17.6 Å². The summed E-state index contributed by atoms with van der Waals surface area (Å²) in [5, 5.41) is 2.64. The van der Waals surface area contributed by atoms with E-state index in [0.717, 1.165) is 18.2 Å². The molecule has 0 bridgehead atoms. The third kappa shape index (κ3) is 5.72. The second-order valence-electron chi connectivity index (χ2n) is 7.12. The minimum atomic E-state index is -4.62. The molecule has 0 saturated carbocycles. The van der Waals surface area contributed by atoms with Crippen molar-refractivity contribution in [2.75, 3.05) is 0 Å². The number of benzene rings is 2. The van der Waals surface area contributed by atoms with Crippen molar-refractivity contribution >= 4 is 17.7 Å². The summed E-state index contributed by atoms with van der Waals surface area (Å²) in [6, 6.07) is 13.0. The van der Waals surface area contributed by atoms with E-state index in [1.165, 1.54) is 6.07 Å². The monoisotopic (exact) mass is 451 g/mol. The molecule has 0 aliphatic rings. The van der Waals surface area contributed by atoms with Crippen molar-refractivity contribution in [3.8, 4) is 11.4 Å². The first kappa shape index (κ1) is 22.5. The van der Waals surface area contributed by atoms with Gasteiger partial charge < -0.3 is 10.3 Å². The van der Waals surface area contributed by atoms with Gasteiger partial charge in [-0.2, -0.15) is 13.2 Å². The van der Waals surface area contributed by atoms with Crippen molar-refractivity contribution < 1.29 is 22.4 Å². The Hall–Kier alpha value is -3.14. The number of aromatic amines is 1. The molecule has 10 heteroatoms. The molecule has 1 heterocycles. The predicted molar refractivity (Wildman–Crippen MR) is 109 cm³/mol. The fourth-order valence-corrected chi connectivity index (χ4v) is 3.37. The van der Waals surface area contributed by atoms with Crippen LogP contribution in [-0.4, -0.2) is 21.4 Å². The van der Waals surface area contributed by atoms with Crippen molar-refractivity contribution in [3.63, 3.8) is 0 Å². The van der Waals surface area contributed by atoms with Crippen molar-refractivity contribution in [1.82, 2.24) is 15.3 Å². The van der Waals surface area contributed by atoms with Gasteiger partial charge in [0.1, 0.15) is 17.3 Å². The highest BCUT2D eigenvalue weighted by molar-refractivity contribution is 8.00. The van der Waals surface area contributed by atoms with E-state index in [1.54, 1.807) is 44.2 Å². The van der Waals surface area contributed by atoms with Gasteiger partial charge in [-0.15, -0.1) is 0 Å². The number of thioether (sulfide) groups is 1. The van der Waals surface area contributed by atoms with E-state index in [0.29, 0.717) is 5.56 Å². The van der Waals surface area contributed by atoms with Crippen LogP contribution in [0.1, 0.15) is 29.9 Å². The summed E-state index contributed by atoms with van der Waals surface area (Å²) in [6.45, 7) is 3.11. The summed E-state index contributed by atoms with van der Waals surface area (Å²) in [6.07, 6.45) is 0. The van der Waals surface area contributed by atoms with Gasteiger partial charge in [0.05, 0.1) is 10.4 Å². The van der Waals surface area contributed by atoms with Crippen molar-refractivity contribution in [1.29, 1.82) is 0 Å². The number of hydrogen-bond acceptors (Lipinski definition) is 4. The number of aromatic nitrogens is 2. The SMILES string of the molecule is CC(C)(NC(=O)c1cc(=O)[nH]c(-c2ccccc2)n1)c1ccc(SC(F)(F)F)c(F)c1. The lowest BCUT2D eigenvalue weighted by atomic mass is 9.94. The van der Waals surface area contributed by atoms with Gasteiger partial charge in [-0.25, -0.2) is 9.37 Å². The maximum Gasteiger partial charge on any atom is 0.446 e. The molecule has 0 fully saturated rings. The number of alkyl halides is 3. The first-order valence-corrected chi connectivity index (χ1v) is 9.81. The molecular weight excluding hydrogens is 434 g/mol. The van der Waals surface area contributed by atoms with Crippen LogP contribution in [0.15, 0.2) is 64.3 Å². The molecule has 0 spiro atoms. The predicted octanol–water partition coefficient (Wildman–Crippen LogP) is 4.85. The van der Waals surface area contributed by atoms with Crippen molar-refractivity contribution in [2.45, 2.75) is 29.8 Å². The summed E-state index contributed by atoms with van der Waals surface area (Å²) in [5.74, 6) is -1.54. The van der Waals surface area contributed by atoms with Crippen molar-refractivity contribution in [2.24, 2.45) is 0 Å². The van der Waals surface area contributed by atoms with Gasteiger partial charge in [0.25, 0.3) is 11.5 Å². The highest BCUT2D eigenvalue weighted by atomic mass is 32.2. The molecule has 0 unspecified atom stereocenters. The van der Waals surface area contributed by atoms with Crippen LogP contribution in [-0.2, 0) is 5.54 Å². The third-order valence-corrected chi connectivity index (χ3v) is 5.11. The molecule has 0 aliphatic heterocycles. The average molecular weight is 451 g/mol. The summed E-state index contributed by atoms with van der Waals surface area (Å²) in [5.41, 5.74) is -5.60. The molecule has 5 nitrogen and oxygen atoms in total. The Morgan fingerprint density at radius 2 is 1.74 bits per heavy atom. The number of carbonyl (C=O) groups excluding carboxylic acids is 1. The lowest BCUT2D eigenvalue weighted by Gasteiger charge is -2.27. The fourth-order valence-electron chi connectivity index (χ4n) is 2.82. The lowest BCUT2D eigenvalue weighted by Crippen LogP contribution is -2.41. The van der Waals surface area contributed by atoms with Gasteiger partial charge in [-0.1, -0.05) is 36.4 Å². The molecule has 0 atom stereocenters. The van der Waals surface area contributed by atoms with Crippen LogP contribution in [0.3, 0.4) is 0 Å². The summed E-state index contributed by atoms with van der Waals surface area (Å²) >= 11 is -0.552. The molecule has 31 heavy (non-hydrogen) atoms. The second-order valence-corrected chi connectivity index (χ2v) is 8.22. The second kappa shape index (κ2) is 8.54. The standard InChI is InChI=1S/C21H17F4N3O2S/c1-20(2,13-8-9-16(14(22)10-13)31-21(23,24)25)28-19(30)15-11-17(29)27-18(26-15)12-6-4-3-5-7-12/h3-11H,1-2H3,(H,28,30)(H,26,27,29). The van der Waals surface area contributed by atoms with Gasteiger partial charge in [0.2, 0.25) is 0 Å². The average Bonchev–Trinajstić information content (AvgIpc) is 2.68. The minimum absolute atomic E-state index is 0.152. The van der Waals surface area contributed by atoms with Crippen LogP contribution in [0.25, 0.3) is 11.4 Å². The van der Waals surface area contributed by atoms with E-state index in [9.17, 15) is 27.2 Å². The first-order valence-electron chi connectivity index (χ1n) is 9.00. The lowest BCUT2D eigenvalue weighted by molar-refractivity contribution is -0.0329. The van der Waals surface area contributed by atoms with Gasteiger partial charge >= 0.3 is 5.51 Å². The molecule has 0 radical (unpaired) electrons. The van der Waals surface area contributed by atoms with Gasteiger partial charge in [-0.3, -0.25) is 9.59 Å². The molecule has 2 aromatic carbocycles. The normalized spacial score (nSPS) is 11.9. The van der Waals surface area contributed by atoms with E-state index >= 15 is 0 Å². The summed E-state index contributed by atoms with van der Waals surface area (Å²) in [4.78, 5) is 30.9. The number of halogens is 4. The quantitative estimate of drug-likeness (QED) is 0.430. The number of H-pyrrole nitrogens is 1. The Morgan fingerprint density at radius 1 is 1.06 bits per heavy atom. The first-order chi connectivity index (χ1) is 14.4. The smallest absolute Gasteiger partial charge is 0.342 e. The van der Waals surface area contributed by atoms with Crippen LogP contribution in [0.5, 0.6) is 0 Å². The Kier molecular flexibility index (Phi) is 6.21. The summed E-state index contributed by atoms with van der Waals surface area (Å²) < 4.78 is 51.7. The number of amides is 1. The van der Waals surface area contributed by atoms with Gasteiger partial charge in [-0.05, 0) is 43.3 Å². The van der Waals surface area contributed by atoms with E-state index < -0.39 is 45.0 Å². The zero-order valence-electron chi connectivity index (χ0n) is 16.4. The van der Waals surface area contributed by atoms with Crippen LogP contribution < -0.4 is 10.9 Å². The Labute approximate surface area is 178 Å². The molecule has 3 rings (SSSR count). The molecule has 0 aliphatic carbocycles. The zero-order valence-corrected chi connectivity index (χ0v) is 17.2. The third-order valence-electron chi connectivity index (χ3n) is 4.33. The zero-order chi connectivity index (χ0) is 22.8. The van der Waals surface area contributed by atoms with Gasteiger partial charge in [0, 0.05) is 11.6 Å². The molecule has 2 N–H and O–H groups in total. The maximum atomic E-state index is 14.2.